The average molecular weight is 215 g/mol. The van der Waals surface area contributed by atoms with Gasteiger partial charge < -0.3 is 9.84 Å². The lowest BCUT2D eigenvalue weighted by atomic mass is 10.0. The highest BCUT2D eigenvalue weighted by Gasteiger charge is 2.16. The van der Waals surface area contributed by atoms with Crippen molar-refractivity contribution in [2.45, 2.75) is 12.8 Å². The van der Waals surface area contributed by atoms with Gasteiger partial charge in [0.2, 0.25) is 0 Å². The van der Waals surface area contributed by atoms with E-state index in [1.807, 2.05) is 0 Å². The lowest BCUT2D eigenvalue weighted by molar-refractivity contribution is -0.141. The molecule has 1 aromatic carbocycles. The third-order valence-corrected chi connectivity index (χ3v) is 2.33. The summed E-state index contributed by atoms with van der Waals surface area (Å²) in [6, 6.07) is 4.65. The number of hydrogen-bond acceptors (Lipinski definition) is 3. The molecule has 0 amide bonds. The number of esters is 1. The molecule has 76 valence electrons. The number of carbonyl (C=O) groups excluding carboxylic acids is 1. The van der Waals surface area contributed by atoms with Crippen molar-refractivity contribution in [2.24, 2.45) is 0 Å². The molecule has 1 rings (SSSR count). The van der Waals surface area contributed by atoms with Gasteiger partial charge in [-0.1, -0.05) is 17.7 Å². The SMILES string of the molecule is COC(=O)C(C)c1ccc(O)c(Cl)c1. The minimum absolute atomic E-state index is 0.00693. The van der Waals surface area contributed by atoms with E-state index < -0.39 is 0 Å². The molecule has 0 fully saturated rings. The van der Waals surface area contributed by atoms with Crippen molar-refractivity contribution in [1.29, 1.82) is 0 Å². The number of rotatable bonds is 2. The fraction of sp³-hybridized carbons (Fsp3) is 0.300. The van der Waals surface area contributed by atoms with Crippen molar-refractivity contribution in [1.82, 2.24) is 0 Å². The molecular weight excluding hydrogens is 204 g/mol. The van der Waals surface area contributed by atoms with Crippen LogP contribution in [0, 0.1) is 0 Å². The summed E-state index contributed by atoms with van der Waals surface area (Å²) in [7, 11) is 1.33. The topological polar surface area (TPSA) is 46.5 Å². The van der Waals surface area contributed by atoms with E-state index in [-0.39, 0.29) is 22.7 Å². The number of methoxy groups -OCH3 is 1. The molecule has 0 bridgehead atoms. The van der Waals surface area contributed by atoms with Gasteiger partial charge in [0.15, 0.2) is 0 Å². The molecule has 0 aliphatic rings. The van der Waals surface area contributed by atoms with E-state index in [4.69, 9.17) is 11.6 Å². The van der Waals surface area contributed by atoms with Crippen molar-refractivity contribution in [3.8, 4) is 5.75 Å². The van der Waals surface area contributed by atoms with Crippen LogP contribution in [0.2, 0.25) is 5.02 Å². The minimum atomic E-state index is -0.377. The number of benzene rings is 1. The summed E-state index contributed by atoms with van der Waals surface area (Å²) in [4.78, 5) is 11.2. The molecule has 0 aliphatic heterocycles. The quantitative estimate of drug-likeness (QED) is 0.769. The zero-order valence-electron chi connectivity index (χ0n) is 7.95. The Balaban J connectivity index is 2.96. The van der Waals surface area contributed by atoms with Gasteiger partial charge in [-0.25, -0.2) is 0 Å². The Morgan fingerprint density at radius 3 is 2.71 bits per heavy atom. The maximum Gasteiger partial charge on any atom is 0.312 e. The number of aromatic hydroxyl groups is 1. The molecule has 0 aliphatic carbocycles. The second-order valence-corrected chi connectivity index (χ2v) is 3.36. The van der Waals surface area contributed by atoms with Crippen LogP contribution < -0.4 is 0 Å². The first-order valence-corrected chi connectivity index (χ1v) is 4.50. The van der Waals surface area contributed by atoms with Gasteiger partial charge in [0, 0.05) is 0 Å². The zero-order valence-corrected chi connectivity index (χ0v) is 8.71. The molecule has 0 aromatic heterocycles. The minimum Gasteiger partial charge on any atom is -0.506 e. The van der Waals surface area contributed by atoms with Crippen LogP contribution in [0.3, 0.4) is 0 Å². The second-order valence-electron chi connectivity index (χ2n) is 2.96. The standard InChI is InChI=1S/C10H11ClO3/c1-6(10(13)14-2)7-3-4-9(12)8(11)5-7/h3-6,12H,1-2H3. The molecule has 1 aromatic rings. The number of hydrogen-bond donors (Lipinski definition) is 1. The van der Waals surface area contributed by atoms with Crippen LogP contribution in [-0.2, 0) is 9.53 Å². The lowest BCUT2D eigenvalue weighted by Gasteiger charge is -2.09. The van der Waals surface area contributed by atoms with E-state index in [1.54, 1.807) is 19.1 Å². The number of ether oxygens (including phenoxy) is 1. The van der Waals surface area contributed by atoms with Crippen LogP contribution in [0.25, 0.3) is 0 Å². The van der Waals surface area contributed by atoms with Gasteiger partial charge in [-0.05, 0) is 24.6 Å². The normalized spacial score (nSPS) is 12.2. The number of phenols is 1. The monoisotopic (exact) mass is 214 g/mol. The highest BCUT2D eigenvalue weighted by atomic mass is 35.5. The summed E-state index contributed by atoms with van der Waals surface area (Å²) < 4.78 is 4.59. The molecular formula is C10H11ClO3. The maximum absolute atomic E-state index is 11.2. The predicted molar refractivity (Wildman–Crippen MR) is 53.5 cm³/mol. The van der Waals surface area contributed by atoms with Crippen molar-refractivity contribution in [3.63, 3.8) is 0 Å². The van der Waals surface area contributed by atoms with Crippen LogP contribution in [-0.4, -0.2) is 18.2 Å². The Bertz CT molecular complexity index is 349. The average Bonchev–Trinajstić information content (AvgIpc) is 2.20. The Morgan fingerprint density at radius 1 is 1.57 bits per heavy atom. The molecule has 0 saturated heterocycles. The van der Waals surface area contributed by atoms with Crippen LogP contribution >= 0.6 is 11.6 Å². The van der Waals surface area contributed by atoms with Gasteiger partial charge >= 0.3 is 5.97 Å². The van der Waals surface area contributed by atoms with E-state index >= 15 is 0 Å². The smallest absolute Gasteiger partial charge is 0.312 e. The van der Waals surface area contributed by atoms with Gasteiger partial charge in [0.05, 0.1) is 18.1 Å². The molecule has 1 N–H and O–H groups in total. The molecule has 0 spiro atoms. The first-order valence-electron chi connectivity index (χ1n) is 4.12. The lowest BCUT2D eigenvalue weighted by Crippen LogP contribution is -2.10. The molecule has 3 nitrogen and oxygen atoms in total. The van der Waals surface area contributed by atoms with Gasteiger partial charge in [-0.2, -0.15) is 0 Å². The van der Waals surface area contributed by atoms with E-state index in [0.29, 0.717) is 0 Å². The Kier molecular flexibility index (Phi) is 3.36. The molecule has 0 heterocycles. The Morgan fingerprint density at radius 2 is 2.21 bits per heavy atom. The summed E-state index contributed by atoms with van der Waals surface area (Å²) >= 11 is 5.70. The van der Waals surface area contributed by atoms with Crippen molar-refractivity contribution in [3.05, 3.63) is 28.8 Å². The first-order chi connectivity index (χ1) is 6.56. The number of phenolic OH excluding ortho intramolecular Hbond substituents is 1. The first kappa shape index (κ1) is 10.9. The molecule has 14 heavy (non-hydrogen) atoms. The highest BCUT2D eigenvalue weighted by molar-refractivity contribution is 6.32. The van der Waals surface area contributed by atoms with Crippen LogP contribution in [0.1, 0.15) is 18.4 Å². The largest absolute Gasteiger partial charge is 0.506 e. The third kappa shape index (κ3) is 2.17. The predicted octanol–water partition coefficient (Wildman–Crippen LogP) is 2.32. The number of carbonyl (C=O) groups is 1. The second kappa shape index (κ2) is 4.33. The zero-order chi connectivity index (χ0) is 10.7. The highest BCUT2D eigenvalue weighted by Crippen LogP contribution is 2.27. The van der Waals surface area contributed by atoms with E-state index in [9.17, 15) is 9.90 Å². The molecule has 0 radical (unpaired) electrons. The summed E-state index contributed by atoms with van der Waals surface area (Å²) in [6.07, 6.45) is 0. The van der Waals surface area contributed by atoms with Gasteiger partial charge in [0.1, 0.15) is 5.75 Å². The van der Waals surface area contributed by atoms with Gasteiger partial charge in [0.25, 0.3) is 0 Å². The van der Waals surface area contributed by atoms with Crippen molar-refractivity contribution in [2.75, 3.05) is 7.11 Å². The van der Waals surface area contributed by atoms with Gasteiger partial charge in [-0.3, -0.25) is 4.79 Å². The summed E-state index contributed by atoms with van der Waals surface area (Å²) in [5.74, 6) is -0.697. The molecule has 1 atom stereocenters. The fourth-order valence-corrected chi connectivity index (χ4v) is 1.29. The Labute approximate surface area is 87.3 Å². The molecule has 0 saturated carbocycles. The maximum atomic E-state index is 11.2. The summed E-state index contributed by atoms with van der Waals surface area (Å²) in [6.45, 7) is 1.72. The van der Waals surface area contributed by atoms with Crippen molar-refractivity contribution < 1.29 is 14.6 Å². The Hall–Kier alpha value is -1.22. The summed E-state index contributed by atoms with van der Waals surface area (Å²) in [5, 5.41) is 9.41. The third-order valence-electron chi connectivity index (χ3n) is 2.03. The van der Waals surface area contributed by atoms with Crippen LogP contribution in [0.5, 0.6) is 5.75 Å². The van der Waals surface area contributed by atoms with Gasteiger partial charge in [-0.15, -0.1) is 0 Å². The van der Waals surface area contributed by atoms with E-state index in [2.05, 4.69) is 4.74 Å². The fourth-order valence-electron chi connectivity index (χ4n) is 1.11. The van der Waals surface area contributed by atoms with E-state index in [1.165, 1.54) is 13.2 Å². The number of halogens is 1. The molecule has 1 unspecified atom stereocenters. The van der Waals surface area contributed by atoms with Crippen molar-refractivity contribution >= 4 is 17.6 Å². The van der Waals surface area contributed by atoms with Crippen LogP contribution in [0.4, 0.5) is 0 Å². The van der Waals surface area contributed by atoms with E-state index in [0.717, 1.165) is 5.56 Å². The van der Waals surface area contributed by atoms with Crippen LogP contribution in [0.15, 0.2) is 18.2 Å². The molecule has 4 heteroatoms. The summed E-state index contributed by atoms with van der Waals surface area (Å²) in [5.41, 5.74) is 0.722.